The van der Waals surface area contributed by atoms with Gasteiger partial charge < -0.3 is 10.1 Å². The molecule has 96 valence electrons. The summed E-state index contributed by atoms with van der Waals surface area (Å²) in [6, 6.07) is 1.71. The maximum absolute atomic E-state index is 13.0. The van der Waals surface area contributed by atoms with Gasteiger partial charge in [-0.05, 0) is 30.8 Å². The molecule has 6 heteroatoms. The number of likely N-dealkylation sites (N-methyl/N-ethyl adjacent to an activating group) is 1. The maximum Gasteiger partial charge on any atom is 0.416 e. The molecule has 0 amide bonds. The fourth-order valence-electron chi connectivity index (χ4n) is 1.58. The van der Waals surface area contributed by atoms with Crippen molar-refractivity contribution < 1.29 is 22.3 Å². The minimum Gasteiger partial charge on any atom is -0.383 e. The van der Waals surface area contributed by atoms with E-state index in [-0.39, 0.29) is 12.2 Å². The number of hydrogen-bond donors (Lipinski definition) is 1. The summed E-state index contributed by atoms with van der Waals surface area (Å²) in [5.41, 5.74) is -1.00. The molecule has 0 saturated carbocycles. The van der Waals surface area contributed by atoms with Gasteiger partial charge in [-0.25, -0.2) is 4.39 Å². The second-order valence-corrected chi connectivity index (χ2v) is 3.53. The van der Waals surface area contributed by atoms with Crippen molar-refractivity contribution >= 4 is 0 Å². The smallest absolute Gasteiger partial charge is 0.383 e. The maximum atomic E-state index is 13.0. The summed E-state index contributed by atoms with van der Waals surface area (Å²) in [6.45, 7) is 0.0308. The predicted octanol–water partition coefficient (Wildman–Crippen LogP) is 2.75. The molecule has 0 aliphatic heterocycles. The Balaban J connectivity index is 3.23. The average molecular weight is 251 g/mol. The van der Waals surface area contributed by atoms with Crippen LogP contribution in [0.4, 0.5) is 17.6 Å². The van der Waals surface area contributed by atoms with E-state index in [0.29, 0.717) is 0 Å². The molecule has 0 fully saturated rings. The second-order valence-electron chi connectivity index (χ2n) is 3.53. The number of nitrogens with one attached hydrogen (secondary N) is 1. The van der Waals surface area contributed by atoms with Crippen molar-refractivity contribution in [3.05, 3.63) is 35.1 Å². The first-order valence-corrected chi connectivity index (χ1v) is 4.93. The van der Waals surface area contributed by atoms with Crippen LogP contribution in [0.15, 0.2) is 18.2 Å². The van der Waals surface area contributed by atoms with Gasteiger partial charge in [0.25, 0.3) is 0 Å². The number of hydrogen-bond acceptors (Lipinski definition) is 2. The highest BCUT2D eigenvalue weighted by Gasteiger charge is 2.35. The Bertz CT molecular complexity index is 378. The summed E-state index contributed by atoms with van der Waals surface area (Å²) >= 11 is 0. The van der Waals surface area contributed by atoms with Gasteiger partial charge in [-0.15, -0.1) is 0 Å². The number of halogens is 4. The molecule has 1 aromatic carbocycles. The number of methoxy groups -OCH3 is 1. The minimum atomic E-state index is -4.51. The van der Waals surface area contributed by atoms with Gasteiger partial charge in [0.15, 0.2) is 0 Å². The van der Waals surface area contributed by atoms with E-state index in [1.165, 1.54) is 14.2 Å². The first-order chi connectivity index (χ1) is 7.90. The first-order valence-electron chi connectivity index (χ1n) is 4.93. The van der Waals surface area contributed by atoms with Crippen molar-refractivity contribution in [3.8, 4) is 0 Å². The van der Waals surface area contributed by atoms with Gasteiger partial charge in [0, 0.05) is 7.11 Å². The van der Waals surface area contributed by atoms with Crippen molar-refractivity contribution in [2.45, 2.75) is 12.2 Å². The topological polar surface area (TPSA) is 21.3 Å². The number of benzene rings is 1. The third-order valence-corrected chi connectivity index (χ3v) is 2.38. The molecule has 17 heavy (non-hydrogen) atoms. The van der Waals surface area contributed by atoms with E-state index in [0.717, 1.165) is 18.2 Å². The Morgan fingerprint density at radius 3 is 2.47 bits per heavy atom. The van der Waals surface area contributed by atoms with E-state index in [9.17, 15) is 17.6 Å². The van der Waals surface area contributed by atoms with E-state index in [1.54, 1.807) is 0 Å². The van der Waals surface area contributed by atoms with Crippen molar-refractivity contribution in [2.24, 2.45) is 0 Å². The summed E-state index contributed by atoms with van der Waals surface area (Å²) in [6.07, 6.45) is -4.51. The Morgan fingerprint density at radius 2 is 2.00 bits per heavy atom. The third kappa shape index (κ3) is 3.41. The molecule has 1 rings (SSSR count). The van der Waals surface area contributed by atoms with Gasteiger partial charge in [-0.2, -0.15) is 13.2 Å². The number of rotatable bonds is 4. The normalized spacial score (nSPS) is 13.8. The molecule has 0 heterocycles. The Kier molecular flexibility index (Phi) is 4.47. The minimum absolute atomic E-state index is 0.0308. The highest BCUT2D eigenvalue weighted by Crippen LogP contribution is 2.35. The van der Waals surface area contributed by atoms with Crippen molar-refractivity contribution in [2.75, 3.05) is 20.8 Å². The fourth-order valence-corrected chi connectivity index (χ4v) is 1.58. The van der Waals surface area contributed by atoms with Gasteiger partial charge in [-0.1, -0.05) is 0 Å². The summed E-state index contributed by atoms with van der Waals surface area (Å²) in [5, 5.41) is 2.67. The van der Waals surface area contributed by atoms with Gasteiger partial charge in [0.05, 0.1) is 18.2 Å². The average Bonchev–Trinajstić information content (AvgIpc) is 2.24. The van der Waals surface area contributed by atoms with Crippen LogP contribution in [-0.4, -0.2) is 20.8 Å². The lowest BCUT2D eigenvalue weighted by atomic mass is 10.00. The molecule has 1 atom stereocenters. The second kappa shape index (κ2) is 5.46. The van der Waals surface area contributed by atoms with E-state index in [1.807, 2.05) is 0 Å². The number of alkyl halides is 3. The first kappa shape index (κ1) is 13.9. The van der Waals surface area contributed by atoms with Crippen LogP contribution < -0.4 is 5.32 Å². The van der Waals surface area contributed by atoms with Gasteiger partial charge in [-0.3, -0.25) is 0 Å². The molecule has 0 radical (unpaired) electrons. The summed E-state index contributed by atoms with van der Waals surface area (Å²) in [7, 11) is 2.87. The zero-order valence-corrected chi connectivity index (χ0v) is 9.44. The standard InChI is InChI=1S/C11H13F4NO/c1-16-10(6-17-2)8-5-7(12)3-4-9(8)11(13,14)15/h3-5,10,16H,6H2,1-2H3. The van der Waals surface area contributed by atoms with Crippen LogP contribution in [0, 0.1) is 5.82 Å². The Labute approximate surface area is 96.6 Å². The fraction of sp³-hybridized carbons (Fsp3) is 0.455. The highest BCUT2D eigenvalue weighted by atomic mass is 19.4. The van der Waals surface area contributed by atoms with Crippen LogP contribution >= 0.6 is 0 Å². The van der Waals surface area contributed by atoms with E-state index in [4.69, 9.17) is 4.74 Å². The molecule has 0 aromatic heterocycles. The highest BCUT2D eigenvalue weighted by molar-refractivity contribution is 5.33. The Morgan fingerprint density at radius 1 is 1.35 bits per heavy atom. The van der Waals surface area contributed by atoms with Gasteiger partial charge in [0.2, 0.25) is 0 Å². The SMILES string of the molecule is CNC(COC)c1cc(F)ccc1C(F)(F)F. The van der Waals surface area contributed by atoms with Crippen molar-refractivity contribution in [1.29, 1.82) is 0 Å². The van der Waals surface area contributed by atoms with Crippen LogP contribution in [0.1, 0.15) is 17.2 Å². The summed E-state index contributed by atoms with van der Waals surface area (Å²) in [4.78, 5) is 0. The molecule has 2 nitrogen and oxygen atoms in total. The molecule has 0 saturated heterocycles. The van der Waals surface area contributed by atoms with Crippen molar-refractivity contribution in [1.82, 2.24) is 5.32 Å². The molecule has 0 spiro atoms. The third-order valence-electron chi connectivity index (χ3n) is 2.38. The quantitative estimate of drug-likeness (QED) is 0.831. The molecule has 0 aliphatic rings. The van der Waals surface area contributed by atoms with E-state index < -0.39 is 23.6 Å². The van der Waals surface area contributed by atoms with Gasteiger partial charge >= 0.3 is 6.18 Å². The predicted molar refractivity (Wildman–Crippen MR) is 55.1 cm³/mol. The van der Waals surface area contributed by atoms with Crippen LogP contribution in [0.3, 0.4) is 0 Å². The number of ether oxygens (including phenoxy) is 1. The monoisotopic (exact) mass is 251 g/mol. The lowest BCUT2D eigenvalue weighted by Crippen LogP contribution is -2.24. The van der Waals surface area contributed by atoms with Crippen LogP contribution in [0.2, 0.25) is 0 Å². The van der Waals surface area contributed by atoms with Crippen molar-refractivity contribution in [3.63, 3.8) is 0 Å². The Hall–Kier alpha value is -1.14. The zero-order valence-electron chi connectivity index (χ0n) is 9.44. The lowest BCUT2D eigenvalue weighted by molar-refractivity contribution is -0.138. The van der Waals surface area contributed by atoms with Crippen LogP contribution in [-0.2, 0) is 10.9 Å². The van der Waals surface area contributed by atoms with Crippen LogP contribution in [0.25, 0.3) is 0 Å². The largest absolute Gasteiger partial charge is 0.416 e. The summed E-state index contributed by atoms with van der Waals surface area (Å²) < 4.78 is 56.0. The van der Waals surface area contributed by atoms with Crippen LogP contribution in [0.5, 0.6) is 0 Å². The molecule has 0 aliphatic carbocycles. The van der Waals surface area contributed by atoms with E-state index in [2.05, 4.69) is 5.32 Å². The molecule has 1 unspecified atom stereocenters. The molecular weight excluding hydrogens is 238 g/mol. The van der Waals surface area contributed by atoms with E-state index >= 15 is 0 Å². The molecule has 1 aromatic rings. The molecular formula is C11H13F4NO. The zero-order chi connectivity index (χ0) is 13.1. The molecule has 0 bridgehead atoms. The lowest BCUT2D eigenvalue weighted by Gasteiger charge is -2.20. The summed E-state index contributed by atoms with van der Waals surface area (Å²) in [5.74, 6) is -0.704. The van der Waals surface area contributed by atoms with Gasteiger partial charge in [0.1, 0.15) is 5.82 Å². The molecule has 1 N–H and O–H groups in total.